The maximum absolute atomic E-state index is 12.6. The summed E-state index contributed by atoms with van der Waals surface area (Å²) in [4.78, 5) is 24.3. The number of alkyl halides is 1. The van der Waals surface area contributed by atoms with Gasteiger partial charge < -0.3 is 28.8 Å². The molecule has 0 aromatic rings. The molecule has 4 aliphatic rings. The lowest BCUT2D eigenvalue weighted by atomic mass is 9.84. The molecule has 0 saturated carbocycles. The molecule has 4 fully saturated rings. The predicted molar refractivity (Wildman–Crippen MR) is 118 cm³/mol. The van der Waals surface area contributed by atoms with Crippen LogP contribution in [0.1, 0.15) is 44.9 Å². The minimum atomic E-state index is -1.42. The average Bonchev–Trinajstić information content (AvgIpc) is 3.22. The third kappa shape index (κ3) is 4.83. The van der Waals surface area contributed by atoms with Crippen molar-refractivity contribution < 1.29 is 38.4 Å². The van der Waals surface area contributed by atoms with Crippen molar-refractivity contribution in [2.45, 2.75) is 98.8 Å². The van der Waals surface area contributed by atoms with Gasteiger partial charge in [-0.05, 0) is 51.9 Å². The molecule has 0 aromatic heterocycles. The van der Waals surface area contributed by atoms with Crippen LogP contribution in [0.3, 0.4) is 0 Å². The number of allylic oxidation sites excluding steroid dienone is 1. The van der Waals surface area contributed by atoms with E-state index in [9.17, 15) is 14.7 Å². The second-order valence-electron chi connectivity index (χ2n) is 8.71. The second-order valence-corrected chi connectivity index (χ2v) is 10.9. The summed E-state index contributed by atoms with van der Waals surface area (Å²) in [7, 11) is 1.35. The van der Waals surface area contributed by atoms with Crippen LogP contribution in [-0.4, -0.2) is 77.9 Å². The van der Waals surface area contributed by atoms with E-state index in [1.807, 2.05) is 0 Å². The Balaban J connectivity index is 1.38. The Labute approximate surface area is 200 Å². The van der Waals surface area contributed by atoms with Crippen LogP contribution in [0.5, 0.6) is 0 Å². The van der Waals surface area contributed by atoms with E-state index >= 15 is 0 Å². The van der Waals surface area contributed by atoms with Gasteiger partial charge in [-0.1, -0.05) is 6.58 Å². The van der Waals surface area contributed by atoms with Gasteiger partial charge in [-0.15, -0.1) is 11.6 Å². The molecule has 174 valence electrons. The van der Waals surface area contributed by atoms with Gasteiger partial charge in [-0.25, -0.2) is 0 Å². The van der Waals surface area contributed by atoms with E-state index in [2.05, 4.69) is 29.2 Å². The molecule has 6 unspecified atom stereocenters. The van der Waals surface area contributed by atoms with Crippen LogP contribution in [0.25, 0.3) is 0 Å². The van der Waals surface area contributed by atoms with Crippen molar-refractivity contribution in [1.29, 1.82) is 0 Å². The van der Waals surface area contributed by atoms with Crippen LogP contribution in [0.2, 0.25) is 0 Å². The first kappa shape index (κ1) is 23.8. The lowest BCUT2D eigenvalue weighted by Crippen LogP contribution is -2.65. The lowest BCUT2D eigenvalue weighted by Gasteiger charge is -2.49. The van der Waals surface area contributed by atoms with Crippen LogP contribution in [0.4, 0.5) is 0 Å². The smallest absolute Gasteiger partial charge is 0.308 e. The molecule has 8 nitrogen and oxygen atoms in total. The number of halogens is 2. The topological polar surface area (TPSA) is 101 Å². The minimum Gasteiger partial charge on any atom is -0.469 e. The third-order valence-electron chi connectivity index (χ3n) is 6.47. The number of aliphatic hydroxyl groups is 1. The summed E-state index contributed by atoms with van der Waals surface area (Å²) in [5, 5.41) is 10.7. The van der Waals surface area contributed by atoms with Gasteiger partial charge in [0.15, 0.2) is 0 Å². The number of ether oxygens (including phenoxy) is 5. The van der Waals surface area contributed by atoms with Crippen molar-refractivity contribution in [2.24, 2.45) is 0 Å². The molecular formula is C21H28ClIO8. The average molecular weight is 571 g/mol. The summed E-state index contributed by atoms with van der Waals surface area (Å²) in [6.07, 6.45) is -0.659. The second kappa shape index (κ2) is 9.52. The lowest BCUT2D eigenvalue weighted by molar-refractivity contribution is -0.298. The number of hydrogen-bond donors (Lipinski definition) is 1. The number of rotatable bonds is 9. The molecule has 0 aliphatic carbocycles. The SMILES string of the molecule is C=C(I)CC(Cl)CCC(=O)C[C@@]12OC3C(O1)[C@H]1OC(CC(=O)OC)CCC1O[C@H]3C2O. The van der Waals surface area contributed by atoms with Gasteiger partial charge in [0.05, 0.1) is 32.2 Å². The number of carbonyl (C=O) groups excluding carboxylic acids is 2. The summed E-state index contributed by atoms with van der Waals surface area (Å²) >= 11 is 8.38. The maximum Gasteiger partial charge on any atom is 0.308 e. The summed E-state index contributed by atoms with van der Waals surface area (Å²) in [5.41, 5.74) is 0. The third-order valence-corrected chi connectivity index (χ3v) is 7.28. The molecule has 2 bridgehead atoms. The number of esters is 1. The number of methoxy groups -OCH3 is 1. The van der Waals surface area contributed by atoms with Gasteiger partial charge in [-0.2, -0.15) is 0 Å². The van der Waals surface area contributed by atoms with Crippen LogP contribution < -0.4 is 0 Å². The fourth-order valence-corrected chi connectivity index (χ4v) is 6.10. The molecule has 10 heteroatoms. The van der Waals surface area contributed by atoms with E-state index in [1.165, 1.54) is 7.11 Å². The number of fused-ring (bicyclic) bond motifs is 3. The van der Waals surface area contributed by atoms with Crippen molar-refractivity contribution in [3.8, 4) is 0 Å². The molecule has 4 heterocycles. The largest absolute Gasteiger partial charge is 0.469 e. The zero-order valence-corrected chi connectivity index (χ0v) is 20.2. The van der Waals surface area contributed by atoms with Crippen LogP contribution in [0.15, 0.2) is 10.2 Å². The van der Waals surface area contributed by atoms with Crippen molar-refractivity contribution in [3.63, 3.8) is 0 Å². The highest BCUT2D eigenvalue weighted by atomic mass is 127. The monoisotopic (exact) mass is 570 g/mol. The number of hydrogen-bond acceptors (Lipinski definition) is 8. The van der Waals surface area contributed by atoms with Crippen molar-refractivity contribution in [3.05, 3.63) is 10.2 Å². The van der Waals surface area contributed by atoms with Gasteiger partial charge in [0.25, 0.3) is 0 Å². The van der Waals surface area contributed by atoms with Crippen LogP contribution >= 0.6 is 34.2 Å². The number of aliphatic hydroxyl groups excluding tert-OH is 1. The molecular weight excluding hydrogens is 543 g/mol. The zero-order chi connectivity index (χ0) is 22.3. The zero-order valence-electron chi connectivity index (χ0n) is 17.3. The highest BCUT2D eigenvalue weighted by Crippen LogP contribution is 2.52. The summed E-state index contributed by atoms with van der Waals surface area (Å²) in [6, 6.07) is 0. The Morgan fingerprint density at radius 3 is 2.61 bits per heavy atom. The Morgan fingerprint density at radius 1 is 1.23 bits per heavy atom. The first-order valence-corrected chi connectivity index (χ1v) is 12.1. The first-order valence-electron chi connectivity index (χ1n) is 10.6. The molecule has 0 aromatic carbocycles. The van der Waals surface area contributed by atoms with E-state index in [4.69, 9.17) is 35.3 Å². The van der Waals surface area contributed by atoms with Crippen molar-refractivity contribution in [1.82, 2.24) is 0 Å². The summed E-state index contributed by atoms with van der Waals surface area (Å²) in [6.45, 7) is 3.83. The van der Waals surface area contributed by atoms with E-state index in [0.29, 0.717) is 25.7 Å². The highest BCUT2D eigenvalue weighted by molar-refractivity contribution is 14.1. The summed E-state index contributed by atoms with van der Waals surface area (Å²) < 4.78 is 30.1. The van der Waals surface area contributed by atoms with Gasteiger partial charge in [0, 0.05) is 11.8 Å². The van der Waals surface area contributed by atoms with Crippen molar-refractivity contribution in [2.75, 3.05) is 7.11 Å². The molecule has 0 amide bonds. The van der Waals surface area contributed by atoms with Crippen LogP contribution in [0, 0.1) is 0 Å². The molecule has 9 atom stereocenters. The quantitative estimate of drug-likeness (QED) is 0.256. The normalized spacial score (nSPS) is 41.5. The fraction of sp³-hybridized carbons (Fsp3) is 0.810. The number of carbonyl (C=O) groups is 2. The molecule has 4 aliphatic heterocycles. The van der Waals surface area contributed by atoms with Gasteiger partial charge in [0.1, 0.15) is 36.3 Å². The fourth-order valence-electron chi connectivity index (χ4n) is 5.01. The molecule has 31 heavy (non-hydrogen) atoms. The molecule has 4 rings (SSSR count). The minimum absolute atomic E-state index is 0.0706. The van der Waals surface area contributed by atoms with E-state index in [1.54, 1.807) is 0 Å². The van der Waals surface area contributed by atoms with Gasteiger partial charge in [-0.3, -0.25) is 9.59 Å². The Hall–Kier alpha value is -0.300. The van der Waals surface area contributed by atoms with E-state index in [-0.39, 0.29) is 48.6 Å². The van der Waals surface area contributed by atoms with Gasteiger partial charge >= 0.3 is 5.97 Å². The van der Waals surface area contributed by atoms with E-state index < -0.39 is 36.3 Å². The predicted octanol–water partition coefficient (Wildman–Crippen LogP) is 2.40. The molecule has 0 spiro atoms. The number of Topliss-reactive ketones (excluding diaryl/α,β-unsaturated/α-hetero) is 1. The number of ketones is 1. The molecule has 0 radical (unpaired) electrons. The highest BCUT2D eigenvalue weighted by Gasteiger charge is 2.71. The maximum atomic E-state index is 12.6. The Kier molecular flexibility index (Phi) is 7.32. The van der Waals surface area contributed by atoms with Gasteiger partial charge in [0.2, 0.25) is 5.79 Å². The molecule has 1 N–H and O–H groups in total. The van der Waals surface area contributed by atoms with Crippen molar-refractivity contribution >= 4 is 45.9 Å². The standard InChI is InChI=1S/C21H28ClIO8/c1-10(23)7-11(22)3-4-12(24)9-21-20(26)19-18(31-21)17(30-21)16-14(29-19)6-5-13(28-16)8-15(25)27-2/h11,13-14,16-20,26H,1,3-9H2,2H3/t11?,13?,14?,16-,17?,18?,19+,20?,21-/m0/s1. The Bertz CT molecular complexity index is 734. The molecule has 4 saturated heterocycles. The van der Waals surface area contributed by atoms with Crippen LogP contribution in [-0.2, 0) is 33.3 Å². The Morgan fingerprint density at radius 2 is 1.94 bits per heavy atom. The van der Waals surface area contributed by atoms with E-state index in [0.717, 1.165) is 3.58 Å². The first-order chi connectivity index (χ1) is 14.7. The summed E-state index contributed by atoms with van der Waals surface area (Å²) in [5.74, 6) is -1.84.